The summed E-state index contributed by atoms with van der Waals surface area (Å²) < 4.78 is 5.16. The van der Waals surface area contributed by atoms with E-state index in [-0.39, 0.29) is 11.9 Å². The van der Waals surface area contributed by atoms with Gasteiger partial charge >= 0.3 is 0 Å². The molecule has 156 valence electrons. The van der Waals surface area contributed by atoms with Crippen LogP contribution in [-0.4, -0.2) is 50.1 Å². The highest BCUT2D eigenvalue weighted by Gasteiger charge is 2.21. The minimum Gasteiger partial charge on any atom is -0.497 e. The Balaban J connectivity index is 1.40. The summed E-state index contributed by atoms with van der Waals surface area (Å²) in [5, 5.41) is 7.61. The molecule has 2 aromatic rings. The Labute approximate surface area is 182 Å². The molecule has 0 saturated carbocycles. The number of ether oxygens (including phenoxy) is 1. The largest absolute Gasteiger partial charge is 0.497 e. The van der Waals surface area contributed by atoms with E-state index in [1.807, 2.05) is 42.5 Å². The molecule has 0 bridgehead atoms. The standard InChI is InChI=1S/C22H27Cl2N3O2/c1-29-19-5-2-16(3-6-19)8-9-26-22(28)13-18-15-27(11-10-25-18)14-17-4-7-20(23)21(24)12-17/h2-7,12,18,25H,8-11,13-15H2,1H3,(H,26,28). The number of nitrogens with zero attached hydrogens (tertiary/aromatic N) is 1. The van der Waals surface area contributed by atoms with Gasteiger partial charge in [0.15, 0.2) is 0 Å². The van der Waals surface area contributed by atoms with Gasteiger partial charge in [-0.2, -0.15) is 0 Å². The van der Waals surface area contributed by atoms with Gasteiger partial charge in [0.05, 0.1) is 17.2 Å². The van der Waals surface area contributed by atoms with E-state index in [4.69, 9.17) is 27.9 Å². The molecule has 0 spiro atoms. The first-order chi connectivity index (χ1) is 14.0. The fourth-order valence-corrected chi connectivity index (χ4v) is 3.83. The van der Waals surface area contributed by atoms with E-state index in [9.17, 15) is 4.79 Å². The third-order valence-electron chi connectivity index (χ3n) is 5.06. The summed E-state index contributed by atoms with van der Waals surface area (Å²) in [5.41, 5.74) is 2.30. The molecule has 0 radical (unpaired) electrons. The van der Waals surface area contributed by atoms with Gasteiger partial charge in [0.1, 0.15) is 5.75 Å². The SMILES string of the molecule is COc1ccc(CCNC(=O)CC2CN(Cc3ccc(Cl)c(Cl)c3)CCN2)cc1. The molecule has 0 aliphatic carbocycles. The van der Waals surface area contributed by atoms with Crippen molar-refractivity contribution in [3.63, 3.8) is 0 Å². The van der Waals surface area contributed by atoms with Gasteiger partial charge in [0.25, 0.3) is 0 Å². The molecule has 5 nitrogen and oxygen atoms in total. The number of nitrogens with one attached hydrogen (secondary N) is 2. The lowest BCUT2D eigenvalue weighted by Crippen LogP contribution is -2.51. The topological polar surface area (TPSA) is 53.6 Å². The minimum absolute atomic E-state index is 0.0763. The van der Waals surface area contributed by atoms with Crippen molar-refractivity contribution in [1.82, 2.24) is 15.5 Å². The summed E-state index contributed by atoms with van der Waals surface area (Å²) in [6.07, 6.45) is 1.28. The predicted octanol–water partition coefficient (Wildman–Crippen LogP) is 3.52. The maximum atomic E-state index is 12.3. The summed E-state index contributed by atoms with van der Waals surface area (Å²) in [5.74, 6) is 0.916. The zero-order chi connectivity index (χ0) is 20.6. The lowest BCUT2D eigenvalue weighted by molar-refractivity contribution is -0.121. The van der Waals surface area contributed by atoms with Crippen LogP contribution in [0.3, 0.4) is 0 Å². The number of hydrogen-bond donors (Lipinski definition) is 2. The van der Waals surface area contributed by atoms with Crippen LogP contribution < -0.4 is 15.4 Å². The number of methoxy groups -OCH3 is 1. The minimum atomic E-state index is 0.0763. The Morgan fingerprint density at radius 2 is 1.93 bits per heavy atom. The second-order valence-electron chi connectivity index (χ2n) is 7.29. The molecule has 1 aliphatic rings. The number of amides is 1. The first-order valence-electron chi connectivity index (χ1n) is 9.83. The van der Waals surface area contributed by atoms with Crippen molar-refractivity contribution in [2.45, 2.75) is 25.4 Å². The van der Waals surface area contributed by atoms with Crippen LogP contribution in [0.4, 0.5) is 0 Å². The van der Waals surface area contributed by atoms with Crippen LogP contribution in [0, 0.1) is 0 Å². The maximum absolute atomic E-state index is 12.3. The van der Waals surface area contributed by atoms with Crippen molar-refractivity contribution < 1.29 is 9.53 Å². The van der Waals surface area contributed by atoms with Crippen LogP contribution in [-0.2, 0) is 17.8 Å². The summed E-state index contributed by atoms with van der Waals surface area (Å²) in [4.78, 5) is 14.7. The summed E-state index contributed by atoms with van der Waals surface area (Å²) >= 11 is 12.1. The van der Waals surface area contributed by atoms with Crippen molar-refractivity contribution in [2.24, 2.45) is 0 Å². The molecular weight excluding hydrogens is 409 g/mol. The molecular formula is C22H27Cl2N3O2. The van der Waals surface area contributed by atoms with Crippen molar-refractivity contribution in [3.05, 3.63) is 63.6 Å². The fraction of sp³-hybridized carbons (Fsp3) is 0.409. The molecule has 3 rings (SSSR count). The molecule has 1 unspecified atom stereocenters. The second-order valence-corrected chi connectivity index (χ2v) is 8.10. The number of rotatable bonds is 8. The Morgan fingerprint density at radius 3 is 2.66 bits per heavy atom. The molecule has 1 amide bonds. The zero-order valence-electron chi connectivity index (χ0n) is 16.6. The Bertz CT molecular complexity index is 814. The van der Waals surface area contributed by atoms with E-state index in [1.54, 1.807) is 7.11 Å². The van der Waals surface area contributed by atoms with E-state index in [0.29, 0.717) is 23.0 Å². The second kappa shape index (κ2) is 10.8. The van der Waals surface area contributed by atoms with Crippen LogP contribution in [0.1, 0.15) is 17.5 Å². The molecule has 0 aromatic heterocycles. The predicted molar refractivity (Wildman–Crippen MR) is 118 cm³/mol. The monoisotopic (exact) mass is 435 g/mol. The quantitative estimate of drug-likeness (QED) is 0.665. The Morgan fingerprint density at radius 1 is 1.17 bits per heavy atom. The van der Waals surface area contributed by atoms with Gasteiger partial charge in [-0.15, -0.1) is 0 Å². The normalized spacial score (nSPS) is 17.1. The lowest BCUT2D eigenvalue weighted by atomic mass is 10.1. The van der Waals surface area contributed by atoms with Crippen LogP contribution in [0.5, 0.6) is 5.75 Å². The Hall–Kier alpha value is -1.79. The van der Waals surface area contributed by atoms with Crippen molar-refractivity contribution in [3.8, 4) is 5.75 Å². The van der Waals surface area contributed by atoms with Crippen LogP contribution in [0.25, 0.3) is 0 Å². The van der Waals surface area contributed by atoms with Crippen molar-refractivity contribution in [2.75, 3.05) is 33.3 Å². The van der Waals surface area contributed by atoms with Crippen LogP contribution in [0.15, 0.2) is 42.5 Å². The molecule has 2 N–H and O–H groups in total. The number of halogens is 2. The van der Waals surface area contributed by atoms with Crippen LogP contribution >= 0.6 is 23.2 Å². The molecule has 1 saturated heterocycles. The number of carbonyl (C=O) groups is 1. The van der Waals surface area contributed by atoms with Crippen LogP contribution in [0.2, 0.25) is 10.0 Å². The zero-order valence-corrected chi connectivity index (χ0v) is 18.1. The number of benzene rings is 2. The molecule has 29 heavy (non-hydrogen) atoms. The van der Waals surface area contributed by atoms with Gasteiger partial charge < -0.3 is 15.4 Å². The Kier molecular flexibility index (Phi) is 8.19. The van der Waals surface area contributed by atoms with Gasteiger partial charge in [-0.1, -0.05) is 41.4 Å². The summed E-state index contributed by atoms with van der Waals surface area (Å²) in [7, 11) is 1.65. The number of carbonyl (C=O) groups excluding carboxylic acids is 1. The molecule has 7 heteroatoms. The van der Waals surface area contributed by atoms with E-state index in [1.165, 1.54) is 5.56 Å². The molecule has 1 fully saturated rings. The third kappa shape index (κ3) is 6.89. The molecule has 2 aromatic carbocycles. The number of piperazine rings is 1. The van der Waals surface area contributed by atoms with E-state index >= 15 is 0 Å². The molecule has 1 heterocycles. The fourth-order valence-electron chi connectivity index (χ4n) is 3.51. The van der Waals surface area contributed by atoms with Gasteiger partial charge in [-0.3, -0.25) is 9.69 Å². The average molecular weight is 436 g/mol. The first kappa shape index (κ1) is 21.9. The average Bonchev–Trinajstić information content (AvgIpc) is 2.71. The maximum Gasteiger partial charge on any atom is 0.221 e. The van der Waals surface area contributed by atoms with Gasteiger partial charge in [-0.05, 0) is 41.8 Å². The van der Waals surface area contributed by atoms with Gasteiger partial charge in [0.2, 0.25) is 5.91 Å². The van der Waals surface area contributed by atoms with E-state index in [2.05, 4.69) is 15.5 Å². The highest BCUT2D eigenvalue weighted by atomic mass is 35.5. The van der Waals surface area contributed by atoms with Crippen molar-refractivity contribution >= 4 is 29.1 Å². The van der Waals surface area contributed by atoms with Gasteiger partial charge in [-0.25, -0.2) is 0 Å². The number of hydrogen-bond acceptors (Lipinski definition) is 4. The van der Waals surface area contributed by atoms with Gasteiger partial charge in [0, 0.05) is 45.2 Å². The molecule has 1 atom stereocenters. The lowest BCUT2D eigenvalue weighted by Gasteiger charge is -2.33. The highest BCUT2D eigenvalue weighted by Crippen LogP contribution is 2.23. The first-order valence-corrected chi connectivity index (χ1v) is 10.6. The third-order valence-corrected chi connectivity index (χ3v) is 5.80. The van der Waals surface area contributed by atoms with E-state index < -0.39 is 0 Å². The smallest absolute Gasteiger partial charge is 0.221 e. The molecule has 1 aliphatic heterocycles. The van der Waals surface area contributed by atoms with E-state index in [0.717, 1.165) is 43.9 Å². The summed E-state index contributed by atoms with van der Waals surface area (Å²) in [6, 6.07) is 13.8. The highest BCUT2D eigenvalue weighted by molar-refractivity contribution is 6.42. The van der Waals surface area contributed by atoms with Crippen molar-refractivity contribution in [1.29, 1.82) is 0 Å². The summed E-state index contributed by atoms with van der Waals surface area (Å²) in [6.45, 7) is 4.06.